The molecule has 0 atom stereocenters. The predicted molar refractivity (Wildman–Crippen MR) is 108 cm³/mol. The van der Waals surface area contributed by atoms with E-state index in [4.69, 9.17) is 9.15 Å². The fourth-order valence-corrected chi connectivity index (χ4v) is 3.38. The van der Waals surface area contributed by atoms with Crippen molar-refractivity contribution in [3.63, 3.8) is 0 Å². The molecule has 0 saturated heterocycles. The molecule has 0 unspecified atom stereocenters. The Morgan fingerprint density at radius 2 is 1.83 bits per heavy atom. The molecule has 154 valence electrons. The molecule has 9 nitrogen and oxygen atoms in total. The number of nitro groups is 1. The Bertz CT molecular complexity index is 1120. The first kappa shape index (κ1) is 21.2. The number of aromatic nitrogens is 2. The van der Waals surface area contributed by atoms with Crippen molar-refractivity contribution < 1.29 is 18.9 Å². The van der Waals surface area contributed by atoms with Gasteiger partial charge < -0.3 is 9.15 Å². The van der Waals surface area contributed by atoms with Crippen LogP contribution in [-0.2, 0) is 17.0 Å². The number of nitro benzene ring substituents is 1. The monoisotopic (exact) mass is 427 g/mol. The fraction of sp³-hybridized carbons (Fsp3) is 0.200. The van der Waals surface area contributed by atoms with Crippen LogP contribution in [0.5, 0.6) is 5.75 Å². The van der Waals surface area contributed by atoms with Gasteiger partial charge in [-0.2, -0.15) is 0 Å². The lowest BCUT2D eigenvalue weighted by Gasteiger charge is -2.05. The van der Waals surface area contributed by atoms with Gasteiger partial charge in [0.05, 0.1) is 17.1 Å². The number of hydrogen-bond donors (Lipinski definition) is 0. The van der Waals surface area contributed by atoms with Gasteiger partial charge in [-0.15, -0.1) is 0 Å². The van der Waals surface area contributed by atoms with Crippen LogP contribution in [-0.4, -0.2) is 20.9 Å². The minimum Gasteiger partial charge on any atom is -0.464 e. The molecule has 0 aliphatic rings. The Kier molecular flexibility index (Phi) is 6.58. The summed E-state index contributed by atoms with van der Waals surface area (Å²) in [6.45, 7) is 3.75. The summed E-state index contributed by atoms with van der Waals surface area (Å²) >= 11 is 1.32. The highest BCUT2D eigenvalue weighted by atomic mass is 32.2. The van der Waals surface area contributed by atoms with Gasteiger partial charge >= 0.3 is 5.97 Å². The molecule has 0 N–H and O–H groups in total. The molecule has 0 saturated carbocycles. The molecule has 2 aromatic heterocycles. The van der Waals surface area contributed by atoms with Crippen LogP contribution in [0.15, 0.2) is 57.0 Å². The van der Waals surface area contributed by atoms with Gasteiger partial charge in [0.1, 0.15) is 12.0 Å². The fourth-order valence-electron chi connectivity index (χ4n) is 2.54. The van der Waals surface area contributed by atoms with Crippen LogP contribution in [0.2, 0.25) is 0 Å². The molecular weight excluding hydrogens is 410 g/mol. The summed E-state index contributed by atoms with van der Waals surface area (Å²) in [7, 11) is 0. The zero-order valence-electron chi connectivity index (χ0n) is 16.2. The van der Waals surface area contributed by atoms with Gasteiger partial charge in [0, 0.05) is 29.6 Å². The number of hydrogen-bond acceptors (Lipinski definition) is 9. The molecule has 3 rings (SSSR count). The molecule has 0 amide bonds. The predicted octanol–water partition coefficient (Wildman–Crippen LogP) is 3.40. The van der Waals surface area contributed by atoms with E-state index in [1.54, 1.807) is 0 Å². The molecular formula is C20H17N3O6S. The normalized spacial score (nSPS) is 10.6. The summed E-state index contributed by atoms with van der Waals surface area (Å²) in [5.41, 5.74) is 1.66. The number of esters is 1. The van der Waals surface area contributed by atoms with Gasteiger partial charge in [-0.05, 0) is 25.5 Å². The molecule has 0 fully saturated rings. The SMILES string of the molecule is Cc1cc(C)nc(SCc2cc(=O)c(OC(=O)Cc3ccc([N+](=O)[O-])cc3)co2)n1. The van der Waals surface area contributed by atoms with Crippen molar-refractivity contribution in [3.05, 3.63) is 85.7 Å². The molecule has 3 aromatic rings. The van der Waals surface area contributed by atoms with Gasteiger partial charge in [-0.25, -0.2) is 9.97 Å². The summed E-state index contributed by atoms with van der Waals surface area (Å²) in [6, 6.07) is 8.62. The maximum Gasteiger partial charge on any atom is 0.315 e. The van der Waals surface area contributed by atoms with Crippen LogP contribution < -0.4 is 10.2 Å². The highest BCUT2D eigenvalue weighted by Crippen LogP contribution is 2.20. The first-order valence-electron chi connectivity index (χ1n) is 8.81. The van der Waals surface area contributed by atoms with Crippen molar-refractivity contribution in [2.24, 2.45) is 0 Å². The molecule has 30 heavy (non-hydrogen) atoms. The van der Waals surface area contributed by atoms with Crippen LogP contribution in [0.4, 0.5) is 5.69 Å². The van der Waals surface area contributed by atoms with E-state index >= 15 is 0 Å². The highest BCUT2D eigenvalue weighted by Gasteiger charge is 2.13. The Morgan fingerprint density at radius 3 is 2.43 bits per heavy atom. The third-order valence-corrected chi connectivity index (χ3v) is 4.75. The summed E-state index contributed by atoms with van der Waals surface area (Å²) in [6.07, 6.45) is 0.952. The van der Waals surface area contributed by atoms with Crippen molar-refractivity contribution in [3.8, 4) is 5.75 Å². The number of thioether (sulfide) groups is 1. The summed E-state index contributed by atoms with van der Waals surface area (Å²) < 4.78 is 10.5. The smallest absolute Gasteiger partial charge is 0.315 e. The second-order valence-corrected chi connectivity index (χ2v) is 7.31. The highest BCUT2D eigenvalue weighted by molar-refractivity contribution is 7.98. The Morgan fingerprint density at radius 1 is 1.17 bits per heavy atom. The Balaban J connectivity index is 1.59. The largest absolute Gasteiger partial charge is 0.464 e. The van der Waals surface area contributed by atoms with E-state index in [0.29, 0.717) is 22.2 Å². The Labute approximate surface area is 175 Å². The number of aryl methyl sites for hydroxylation is 2. The molecule has 0 radical (unpaired) electrons. The maximum atomic E-state index is 12.2. The van der Waals surface area contributed by atoms with Gasteiger partial charge in [-0.1, -0.05) is 23.9 Å². The first-order chi connectivity index (χ1) is 14.3. The average molecular weight is 427 g/mol. The number of non-ortho nitro benzene ring substituents is 1. The lowest BCUT2D eigenvalue weighted by Crippen LogP contribution is -2.16. The first-order valence-corrected chi connectivity index (χ1v) is 9.79. The van der Waals surface area contributed by atoms with E-state index in [1.165, 1.54) is 42.1 Å². The van der Waals surface area contributed by atoms with Crippen molar-refractivity contribution in [2.45, 2.75) is 31.2 Å². The number of nitrogens with zero attached hydrogens (tertiary/aromatic N) is 3. The summed E-state index contributed by atoms with van der Waals surface area (Å²) in [5, 5.41) is 11.2. The van der Waals surface area contributed by atoms with Crippen molar-refractivity contribution in [1.82, 2.24) is 9.97 Å². The number of ether oxygens (including phenoxy) is 1. The van der Waals surface area contributed by atoms with E-state index in [-0.39, 0.29) is 17.9 Å². The minimum absolute atomic E-state index is 0.0764. The molecule has 0 bridgehead atoms. The summed E-state index contributed by atoms with van der Waals surface area (Å²) in [4.78, 5) is 43.0. The van der Waals surface area contributed by atoms with Crippen molar-refractivity contribution >= 4 is 23.4 Å². The molecule has 1 aromatic carbocycles. The summed E-state index contributed by atoms with van der Waals surface area (Å²) in [5.74, 6) is -0.169. The topological polar surface area (TPSA) is 125 Å². The number of benzene rings is 1. The van der Waals surface area contributed by atoms with Crippen molar-refractivity contribution in [2.75, 3.05) is 0 Å². The molecule has 2 heterocycles. The van der Waals surface area contributed by atoms with E-state index in [1.807, 2.05) is 19.9 Å². The van der Waals surface area contributed by atoms with Crippen molar-refractivity contribution in [1.29, 1.82) is 0 Å². The third-order valence-electron chi connectivity index (χ3n) is 3.88. The van der Waals surface area contributed by atoms with Crippen LogP contribution in [0.1, 0.15) is 22.7 Å². The molecule has 0 spiro atoms. The lowest BCUT2D eigenvalue weighted by atomic mass is 10.1. The Hall–Kier alpha value is -3.53. The standard InChI is InChI=1S/C20H17N3O6S/c1-12-7-13(2)22-20(21-12)30-11-16-9-17(24)18(10-28-16)29-19(25)8-14-3-5-15(6-4-14)23(26)27/h3-7,9-10H,8,11H2,1-2H3. The van der Waals surface area contributed by atoms with Gasteiger partial charge in [0.15, 0.2) is 5.16 Å². The maximum absolute atomic E-state index is 12.2. The zero-order valence-corrected chi connectivity index (χ0v) is 17.0. The van der Waals surface area contributed by atoms with Gasteiger partial charge in [0.2, 0.25) is 11.2 Å². The number of carbonyl (C=O) groups is 1. The van der Waals surface area contributed by atoms with Crippen LogP contribution >= 0.6 is 11.8 Å². The van der Waals surface area contributed by atoms with Gasteiger partial charge in [-0.3, -0.25) is 19.7 Å². The molecule has 10 heteroatoms. The zero-order chi connectivity index (χ0) is 21.7. The average Bonchev–Trinajstić information content (AvgIpc) is 2.68. The van der Waals surface area contributed by atoms with Crippen LogP contribution in [0.25, 0.3) is 0 Å². The van der Waals surface area contributed by atoms with Crippen LogP contribution in [0, 0.1) is 24.0 Å². The second-order valence-electron chi connectivity index (χ2n) is 6.37. The third kappa shape index (κ3) is 5.74. The van der Waals surface area contributed by atoms with Gasteiger partial charge in [0.25, 0.3) is 5.69 Å². The van der Waals surface area contributed by atoms with E-state index in [0.717, 1.165) is 17.7 Å². The minimum atomic E-state index is -0.679. The molecule has 0 aliphatic heterocycles. The quantitative estimate of drug-likeness (QED) is 0.183. The van der Waals surface area contributed by atoms with E-state index in [9.17, 15) is 19.7 Å². The van der Waals surface area contributed by atoms with E-state index in [2.05, 4.69) is 9.97 Å². The van der Waals surface area contributed by atoms with E-state index < -0.39 is 16.3 Å². The lowest BCUT2D eigenvalue weighted by molar-refractivity contribution is -0.384. The molecule has 0 aliphatic carbocycles. The number of carbonyl (C=O) groups excluding carboxylic acids is 1. The number of rotatable bonds is 7. The second kappa shape index (κ2) is 9.31. The van der Waals surface area contributed by atoms with Crippen LogP contribution in [0.3, 0.4) is 0 Å².